The lowest BCUT2D eigenvalue weighted by atomic mass is 10.0. The van der Waals surface area contributed by atoms with Gasteiger partial charge in [-0.1, -0.05) is 48.3 Å². The van der Waals surface area contributed by atoms with Crippen LogP contribution in [0.3, 0.4) is 0 Å². The largest absolute Gasteiger partial charge is 0.489 e. The van der Waals surface area contributed by atoms with Gasteiger partial charge in [0.05, 0.1) is 31.8 Å². The fraction of sp³-hybridized carbons (Fsp3) is 0.241. The van der Waals surface area contributed by atoms with Crippen molar-refractivity contribution in [3.63, 3.8) is 0 Å². The van der Waals surface area contributed by atoms with Crippen molar-refractivity contribution in [2.45, 2.75) is 45.1 Å². The van der Waals surface area contributed by atoms with Gasteiger partial charge in [0.1, 0.15) is 23.8 Å². The third-order valence-corrected chi connectivity index (χ3v) is 8.87. The van der Waals surface area contributed by atoms with Gasteiger partial charge in [-0.15, -0.1) is 0 Å². The standard InChI is InChI=1S/C29H28Cl2N2O6S/c1-5-33(40(36,37)21-12-9-19(10-13-21)29(34)35)25-14-11-20(15-18(25)4)38-16-22-27(32-39-28(22)17(2)3)26-23(30)7-6-8-24(26)31/h6-15,17H,5,16H2,1-4H3,(H,34,35). The first-order valence-corrected chi connectivity index (χ1v) is 14.7. The molecule has 0 saturated heterocycles. The fourth-order valence-electron chi connectivity index (χ4n) is 4.36. The number of sulfonamides is 1. The molecule has 11 heteroatoms. The van der Waals surface area contributed by atoms with Crippen molar-refractivity contribution in [1.82, 2.24) is 5.16 Å². The Bertz CT molecular complexity index is 1630. The summed E-state index contributed by atoms with van der Waals surface area (Å²) in [6.45, 7) is 7.78. The van der Waals surface area contributed by atoms with Gasteiger partial charge in [-0.25, -0.2) is 13.2 Å². The van der Waals surface area contributed by atoms with Gasteiger partial charge in [0.15, 0.2) is 0 Å². The minimum absolute atomic E-state index is 0.00138. The summed E-state index contributed by atoms with van der Waals surface area (Å²) in [6, 6.07) is 15.5. The summed E-state index contributed by atoms with van der Waals surface area (Å²) in [5.74, 6) is 0.0683. The third-order valence-electron chi connectivity index (χ3n) is 6.34. The number of hydrogen-bond donors (Lipinski definition) is 1. The number of aromatic nitrogens is 1. The highest BCUT2D eigenvalue weighted by atomic mass is 35.5. The zero-order chi connectivity index (χ0) is 29.2. The summed E-state index contributed by atoms with van der Waals surface area (Å²) in [6.07, 6.45) is 0. The van der Waals surface area contributed by atoms with E-state index >= 15 is 0 Å². The van der Waals surface area contributed by atoms with Crippen LogP contribution in [0.2, 0.25) is 10.0 Å². The van der Waals surface area contributed by atoms with Crippen molar-refractivity contribution in [2.75, 3.05) is 10.8 Å². The van der Waals surface area contributed by atoms with Crippen molar-refractivity contribution < 1.29 is 27.6 Å². The number of aryl methyl sites for hydroxylation is 1. The summed E-state index contributed by atoms with van der Waals surface area (Å²) < 4.78 is 39.8. The number of hydrogen-bond acceptors (Lipinski definition) is 6. The van der Waals surface area contributed by atoms with E-state index in [1.54, 1.807) is 50.2 Å². The van der Waals surface area contributed by atoms with E-state index in [2.05, 4.69) is 5.16 Å². The number of carbonyl (C=O) groups is 1. The number of rotatable bonds is 10. The van der Waals surface area contributed by atoms with Gasteiger partial charge in [0.2, 0.25) is 0 Å². The van der Waals surface area contributed by atoms with Gasteiger partial charge in [-0.3, -0.25) is 4.31 Å². The van der Waals surface area contributed by atoms with Crippen LogP contribution in [0.25, 0.3) is 11.3 Å². The van der Waals surface area contributed by atoms with Crippen LogP contribution in [-0.2, 0) is 16.6 Å². The Morgan fingerprint density at radius 1 is 1.07 bits per heavy atom. The van der Waals surface area contributed by atoms with Crippen LogP contribution >= 0.6 is 23.2 Å². The van der Waals surface area contributed by atoms with Crippen molar-refractivity contribution >= 4 is 44.9 Å². The monoisotopic (exact) mass is 602 g/mol. The molecule has 0 unspecified atom stereocenters. The number of nitrogens with zero attached hydrogens (tertiary/aromatic N) is 2. The molecule has 0 aliphatic carbocycles. The van der Waals surface area contributed by atoms with Gasteiger partial charge in [-0.05, 0) is 74.0 Å². The molecule has 0 aliphatic heterocycles. The van der Waals surface area contributed by atoms with Gasteiger partial charge < -0.3 is 14.4 Å². The molecule has 1 N–H and O–H groups in total. The number of benzene rings is 3. The SMILES string of the molecule is CCN(c1ccc(OCc2c(-c3c(Cl)cccc3Cl)noc2C(C)C)cc1C)S(=O)(=O)c1ccc(C(=O)O)cc1. The molecule has 0 bridgehead atoms. The number of halogens is 2. The topological polar surface area (TPSA) is 110 Å². The normalized spacial score (nSPS) is 11.6. The molecule has 3 aromatic carbocycles. The molecule has 4 rings (SSSR count). The highest BCUT2D eigenvalue weighted by Gasteiger charge is 2.26. The molecule has 0 atom stereocenters. The first-order chi connectivity index (χ1) is 18.9. The summed E-state index contributed by atoms with van der Waals surface area (Å²) in [4.78, 5) is 11.2. The Morgan fingerprint density at radius 3 is 2.27 bits per heavy atom. The third kappa shape index (κ3) is 5.82. The second kappa shape index (κ2) is 11.9. The van der Waals surface area contributed by atoms with Gasteiger partial charge >= 0.3 is 5.97 Å². The Morgan fingerprint density at radius 2 is 1.73 bits per heavy atom. The molecule has 40 heavy (non-hydrogen) atoms. The van der Waals surface area contributed by atoms with Gasteiger partial charge in [-0.2, -0.15) is 0 Å². The van der Waals surface area contributed by atoms with Crippen LogP contribution in [-0.4, -0.2) is 31.2 Å². The van der Waals surface area contributed by atoms with Crippen LogP contribution in [0, 0.1) is 6.92 Å². The molecule has 4 aromatic rings. The smallest absolute Gasteiger partial charge is 0.335 e. The summed E-state index contributed by atoms with van der Waals surface area (Å²) >= 11 is 12.9. The second-order valence-electron chi connectivity index (χ2n) is 9.36. The van der Waals surface area contributed by atoms with E-state index < -0.39 is 16.0 Å². The Kier molecular flexibility index (Phi) is 8.77. The van der Waals surface area contributed by atoms with Crippen LogP contribution in [0.1, 0.15) is 53.9 Å². The quantitative estimate of drug-likeness (QED) is 0.199. The average molecular weight is 604 g/mol. The van der Waals surface area contributed by atoms with E-state index in [1.807, 2.05) is 13.8 Å². The molecule has 0 fully saturated rings. The number of aromatic carboxylic acids is 1. The van der Waals surface area contributed by atoms with Gasteiger partial charge in [0, 0.05) is 18.0 Å². The second-order valence-corrected chi connectivity index (χ2v) is 12.0. The highest BCUT2D eigenvalue weighted by molar-refractivity contribution is 7.92. The maximum absolute atomic E-state index is 13.4. The van der Waals surface area contributed by atoms with E-state index in [9.17, 15) is 13.2 Å². The average Bonchev–Trinajstić information content (AvgIpc) is 3.32. The van der Waals surface area contributed by atoms with E-state index in [-0.39, 0.29) is 29.5 Å². The lowest BCUT2D eigenvalue weighted by Gasteiger charge is -2.25. The Balaban J connectivity index is 1.62. The molecule has 1 heterocycles. The van der Waals surface area contributed by atoms with Crippen molar-refractivity contribution in [3.8, 4) is 17.0 Å². The minimum atomic E-state index is -3.94. The predicted octanol–water partition coefficient (Wildman–Crippen LogP) is 7.57. The lowest BCUT2D eigenvalue weighted by molar-refractivity contribution is 0.0696. The molecule has 0 radical (unpaired) electrons. The van der Waals surface area contributed by atoms with E-state index in [0.717, 1.165) is 0 Å². The zero-order valence-corrected chi connectivity index (χ0v) is 24.6. The lowest BCUT2D eigenvalue weighted by Crippen LogP contribution is -2.31. The molecule has 1 aromatic heterocycles. The van der Waals surface area contributed by atoms with Crippen molar-refractivity contribution in [1.29, 1.82) is 0 Å². The molecule has 0 spiro atoms. The highest BCUT2D eigenvalue weighted by Crippen LogP contribution is 2.39. The van der Waals surface area contributed by atoms with E-state index in [1.165, 1.54) is 28.6 Å². The van der Waals surface area contributed by atoms with Crippen LogP contribution < -0.4 is 9.04 Å². The predicted molar refractivity (Wildman–Crippen MR) is 155 cm³/mol. The molecule has 0 saturated carbocycles. The van der Waals surface area contributed by atoms with E-state index in [4.69, 9.17) is 37.6 Å². The Labute approximate surface area is 243 Å². The van der Waals surface area contributed by atoms with Crippen molar-refractivity contribution in [2.24, 2.45) is 0 Å². The van der Waals surface area contributed by atoms with Crippen LogP contribution in [0.4, 0.5) is 5.69 Å². The number of anilines is 1. The Hall–Kier alpha value is -3.53. The van der Waals surface area contributed by atoms with Gasteiger partial charge in [0.25, 0.3) is 10.0 Å². The number of carboxylic acid groups (broad SMARTS) is 1. The fourth-order valence-corrected chi connectivity index (χ4v) is 6.47. The molecule has 0 aliphatic rings. The molecular formula is C29H28Cl2N2O6S. The summed E-state index contributed by atoms with van der Waals surface area (Å²) in [7, 11) is -3.94. The first kappa shape index (κ1) is 29.5. The molecular weight excluding hydrogens is 575 g/mol. The number of ether oxygens (including phenoxy) is 1. The van der Waals surface area contributed by atoms with E-state index in [0.29, 0.717) is 49.6 Å². The first-order valence-electron chi connectivity index (χ1n) is 12.5. The molecule has 210 valence electrons. The minimum Gasteiger partial charge on any atom is -0.489 e. The maximum Gasteiger partial charge on any atom is 0.335 e. The summed E-state index contributed by atoms with van der Waals surface area (Å²) in [5, 5.41) is 14.3. The van der Waals surface area contributed by atoms with Crippen molar-refractivity contribution in [3.05, 3.63) is 93.2 Å². The van der Waals surface area contributed by atoms with Crippen LogP contribution in [0.15, 0.2) is 70.1 Å². The number of carboxylic acids is 1. The molecule has 0 amide bonds. The summed E-state index contributed by atoms with van der Waals surface area (Å²) in [5.41, 5.74) is 2.95. The zero-order valence-electron chi connectivity index (χ0n) is 22.3. The maximum atomic E-state index is 13.4. The molecule has 8 nitrogen and oxygen atoms in total. The van der Waals surface area contributed by atoms with Crippen LogP contribution in [0.5, 0.6) is 5.75 Å².